The summed E-state index contributed by atoms with van der Waals surface area (Å²) in [5.74, 6) is -0.341. The van der Waals surface area contributed by atoms with Gasteiger partial charge in [0.1, 0.15) is 5.25 Å². The van der Waals surface area contributed by atoms with Crippen LogP contribution in [0, 0.1) is 0 Å². The van der Waals surface area contributed by atoms with Gasteiger partial charge in [-0.1, -0.05) is 0 Å². The van der Waals surface area contributed by atoms with Crippen LogP contribution in [0.4, 0.5) is 0 Å². The van der Waals surface area contributed by atoms with Crippen LogP contribution >= 0.6 is 0 Å². The summed E-state index contributed by atoms with van der Waals surface area (Å²) in [7, 11) is -2.15. The van der Waals surface area contributed by atoms with Gasteiger partial charge >= 0.3 is 0 Å². The Balaban J connectivity index is 1.92. The van der Waals surface area contributed by atoms with Gasteiger partial charge in [0.05, 0.1) is 6.54 Å². The van der Waals surface area contributed by atoms with E-state index in [0.29, 0.717) is 6.54 Å². The van der Waals surface area contributed by atoms with Crippen molar-refractivity contribution in [1.82, 2.24) is 25.5 Å². The Morgan fingerprint density at radius 2 is 1.83 bits per heavy atom. The summed E-state index contributed by atoms with van der Waals surface area (Å²) in [6, 6.07) is 3.13. The predicted molar refractivity (Wildman–Crippen MR) is 86.6 cm³/mol. The zero-order chi connectivity index (χ0) is 17.0. The van der Waals surface area contributed by atoms with Crippen molar-refractivity contribution in [2.45, 2.75) is 37.7 Å². The number of carbonyl (C=O) groups is 1. The minimum absolute atomic E-state index is 0.205. The molecule has 3 N–H and O–H groups in total. The van der Waals surface area contributed by atoms with Gasteiger partial charge in [-0.15, -0.1) is 0 Å². The Kier molecular flexibility index (Phi) is 5.69. The Morgan fingerprint density at radius 3 is 2.39 bits per heavy atom. The van der Waals surface area contributed by atoms with Crippen molar-refractivity contribution in [3.8, 4) is 0 Å². The molecule has 0 saturated carbocycles. The molecule has 2 heterocycles. The summed E-state index contributed by atoms with van der Waals surface area (Å²) >= 11 is 0. The van der Waals surface area contributed by atoms with Crippen LogP contribution in [0.15, 0.2) is 24.5 Å². The number of amides is 1. The highest BCUT2D eigenvalue weighted by atomic mass is 32.2. The molecule has 1 amide bonds. The molecular weight excluding hydrogens is 318 g/mol. The molecule has 1 aliphatic rings. The van der Waals surface area contributed by atoms with Gasteiger partial charge < -0.3 is 5.32 Å². The fraction of sp³-hybridized carbons (Fsp3) is 0.571. The van der Waals surface area contributed by atoms with Gasteiger partial charge in [-0.05, 0) is 31.5 Å². The number of pyridine rings is 1. The van der Waals surface area contributed by atoms with Gasteiger partial charge in [0.2, 0.25) is 15.9 Å². The number of hydrogen-bond donors (Lipinski definition) is 3. The molecule has 2 rings (SSSR count). The molecule has 8 nitrogen and oxygen atoms in total. The van der Waals surface area contributed by atoms with Crippen molar-refractivity contribution < 1.29 is 13.2 Å². The zero-order valence-corrected chi connectivity index (χ0v) is 14.3. The fourth-order valence-corrected chi connectivity index (χ4v) is 4.51. The van der Waals surface area contributed by atoms with E-state index in [1.54, 1.807) is 38.4 Å². The van der Waals surface area contributed by atoms with Crippen LogP contribution in [0.25, 0.3) is 0 Å². The summed E-state index contributed by atoms with van der Waals surface area (Å²) in [5.41, 5.74) is 6.74. The van der Waals surface area contributed by atoms with Crippen LogP contribution in [0.3, 0.4) is 0 Å². The highest BCUT2D eigenvalue weighted by Gasteiger charge is 2.42. The minimum atomic E-state index is -3.58. The van der Waals surface area contributed by atoms with Crippen LogP contribution < -0.4 is 16.2 Å². The zero-order valence-electron chi connectivity index (χ0n) is 13.5. The molecule has 2 atom stereocenters. The number of likely N-dealkylation sites (N-methyl/N-ethyl adjacent to an activating group) is 1. The van der Waals surface area contributed by atoms with Crippen molar-refractivity contribution >= 4 is 15.9 Å². The Labute approximate surface area is 136 Å². The molecular formula is C14H23N5O3S. The van der Waals surface area contributed by atoms with Gasteiger partial charge in [-0.2, -0.15) is 4.31 Å². The summed E-state index contributed by atoms with van der Waals surface area (Å²) < 4.78 is 26.4. The smallest absolute Gasteiger partial charge is 0.235 e. The third kappa shape index (κ3) is 4.25. The lowest BCUT2D eigenvalue weighted by molar-refractivity contribution is -0.121. The second-order valence-corrected chi connectivity index (χ2v) is 7.96. The largest absolute Gasteiger partial charge is 0.351 e. The molecule has 1 aromatic rings. The van der Waals surface area contributed by atoms with Crippen LogP contribution in [0.1, 0.15) is 19.4 Å². The number of nitrogens with zero attached hydrogens (tertiary/aromatic N) is 2. The van der Waals surface area contributed by atoms with Gasteiger partial charge in [-0.3, -0.25) is 20.6 Å². The molecule has 0 aromatic carbocycles. The number of hydrazine groups is 1. The molecule has 0 bridgehead atoms. The van der Waals surface area contributed by atoms with E-state index in [4.69, 9.17) is 0 Å². The Hall–Kier alpha value is -1.55. The quantitative estimate of drug-likeness (QED) is 0.627. The Bertz CT molecular complexity index is 627. The average Bonchev–Trinajstić information content (AvgIpc) is 2.85. The maximum atomic E-state index is 12.6. The maximum Gasteiger partial charge on any atom is 0.235 e. The van der Waals surface area contributed by atoms with Gasteiger partial charge in [0.15, 0.2) is 0 Å². The third-order valence-corrected chi connectivity index (χ3v) is 6.41. The summed E-state index contributed by atoms with van der Waals surface area (Å²) in [5, 5.41) is 2.10. The molecule has 9 heteroatoms. The molecule has 23 heavy (non-hydrogen) atoms. The number of rotatable bonds is 6. The predicted octanol–water partition coefficient (Wildman–Crippen LogP) is -0.787. The molecule has 128 valence electrons. The molecule has 0 aliphatic carbocycles. The maximum absolute atomic E-state index is 12.6. The van der Waals surface area contributed by atoms with E-state index in [-0.39, 0.29) is 24.5 Å². The monoisotopic (exact) mass is 341 g/mol. The standard InChI is InChI=1S/C14H23N5O3S/c1-10-14(11(2)18-17-10)23(21,22)19(3)9-13(20)16-8-12-4-6-15-7-5-12/h4-7,10-11,14,17-18H,8-9H2,1-3H3,(H,16,20). The van der Waals surface area contributed by atoms with Gasteiger partial charge in [0, 0.05) is 38.1 Å². The number of hydrogen-bond acceptors (Lipinski definition) is 6. The molecule has 1 saturated heterocycles. The molecule has 0 spiro atoms. The molecule has 1 aliphatic heterocycles. The van der Waals surface area contributed by atoms with E-state index in [0.717, 1.165) is 9.87 Å². The third-order valence-electron chi connectivity index (χ3n) is 3.91. The molecule has 1 aromatic heterocycles. The molecule has 0 radical (unpaired) electrons. The van der Waals surface area contributed by atoms with Crippen molar-refractivity contribution in [3.63, 3.8) is 0 Å². The molecule has 2 unspecified atom stereocenters. The normalized spacial score (nSPS) is 24.8. The molecule has 1 fully saturated rings. The van der Waals surface area contributed by atoms with Crippen LogP contribution in [-0.2, 0) is 21.4 Å². The van der Waals surface area contributed by atoms with Crippen LogP contribution in [-0.4, -0.2) is 54.5 Å². The highest BCUT2D eigenvalue weighted by Crippen LogP contribution is 2.18. The number of nitrogens with one attached hydrogen (secondary N) is 3. The number of sulfonamides is 1. The SMILES string of the molecule is CC1NNC(C)C1S(=O)(=O)N(C)CC(=O)NCc1ccncc1. The van der Waals surface area contributed by atoms with Gasteiger partial charge in [-0.25, -0.2) is 8.42 Å². The topological polar surface area (TPSA) is 103 Å². The summed E-state index contributed by atoms with van der Waals surface area (Å²) in [6.07, 6.45) is 3.28. The second-order valence-electron chi connectivity index (χ2n) is 5.76. The van der Waals surface area contributed by atoms with Gasteiger partial charge in [0.25, 0.3) is 0 Å². The lowest BCUT2D eigenvalue weighted by atomic mass is 10.2. The van der Waals surface area contributed by atoms with Crippen molar-refractivity contribution in [1.29, 1.82) is 0 Å². The van der Waals surface area contributed by atoms with E-state index in [9.17, 15) is 13.2 Å². The van der Waals surface area contributed by atoms with Crippen molar-refractivity contribution in [2.24, 2.45) is 0 Å². The fourth-order valence-electron chi connectivity index (χ4n) is 2.63. The van der Waals surface area contributed by atoms with Crippen LogP contribution in [0.5, 0.6) is 0 Å². The van der Waals surface area contributed by atoms with E-state index in [2.05, 4.69) is 21.2 Å². The number of carbonyl (C=O) groups excluding carboxylic acids is 1. The lowest BCUT2D eigenvalue weighted by Gasteiger charge is -2.25. The summed E-state index contributed by atoms with van der Waals surface area (Å²) in [6.45, 7) is 3.74. The lowest BCUT2D eigenvalue weighted by Crippen LogP contribution is -2.48. The first-order chi connectivity index (χ1) is 10.8. The van der Waals surface area contributed by atoms with Crippen molar-refractivity contribution in [3.05, 3.63) is 30.1 Å². The van der Waals surface area contributed by atoms with E-state index in [1.807, 2.05) is 0 Å². The van der Waals surface area contributed by atoms with Crippen LogP contribution in [0.2, 0.25) is 0 Å². The average molecular weight is 341 g/mol. The highest BCUT2D eigenvalue weighted by molar-refractivity contribution is 7.89. The number of aromatic nitrogens is 1. The second kappa shape index (κ2) is 7.35. The first kappa shape index (κ1) is 17.8. The first-order valence-corrected chi connectivity index (χ1v) is 8.94. The minimum Gasteiger partial charge on any atom is -0.351 e. The van der Waals surface area contributed by atoms with E-state index < -0.39 is 15.3 Å². The first-order valence-electron chi connectivity index (χ1n) is 7.44. The van der Waals surface area contributed by atoms with E-state index >= 15 is 0 Å². The summed E-state index contributed by atoms with van der Waals surface area (Å²) in [4.78, 5) is 15.9. The van der Waals surface area contributed by atoms with Crippen molar-refractivity contribution in [2.75, 3.05) is 13.6 Å². The Morgan fingerprint density at radius 1 is 1.26 bits per heavy atom. The van der Waals surface area contributed by atoms with E-state index in [1.165, 1.54) is 7.05 Å².